The van der Waals surface area contributed by atoms with Gasteiger partial charge >= 0.3 is 5.97 Å². The molecule has 136 valence electrons. The second-order valence-corrected chi connectivity index (χ2v) is 7.00. The maximum Gasteiger partial charge on any atom is 0.326 e. The second kappa shape index (κ2) is 7.68. The summed E-state index contributed by atoms with van der Waals surface area (Å²) in [6.07, 6.45) is 1.70. The number of carbonyl (C=O) groups excluding carboxylic acids is 2. The van der Waals surface area contributed by atoms with Crippen molar-refractivity contribution in [3.05, 3.63) is 35.4 Å². The first-order chi connectivity index (χ1) is 11.7. The Morgan fingerprint density at radius 3 is 2.12 bits per heavy atom. The third kappa shape index (κ3) is 4.59. The van der Waals surface area contributed by atoms with E-state index in [2.05, 4.69) is 0 Å². The number of benzene rings is 1. The maximum atomic E-state index is 12.7. The summed E-state index contributed by atoms with van der Waals surface area (Å²) in [5, 5.41) is 9.23. The quantitative estimate of drug-likeness (QED) is 0.822. The Labute approximate surface area is 148 Å². The fourth-order valence-electron chi connectivity index (χ4n) is 2.82. The maximum absolute atomic E-state index is 12.7. The number of aliphatic carboxylic acids is 1. The number of rotatable bonds is 7. The van der Waals surface area contributed by atoms with E-state index in [9.17, 15) is 19.5 Å². The lowest BCUT2D eigenvalue weighted by Crippen LogP contribution is -2.44. The van der Waals surface area contributed by atoms with Gasteiger partial charge in [-0.2, -0.15) is 0 Å². The molecule has 1 aliphatic rings. The molecule has 0 heterocycles. The summed E-state index contributed by atoms with van der Waals surface area (Å²) in [6, 6.07) is 6.22. The molecule has 1 fully saturated rings. The lowest BCUT2D eigenvalue weighted by Gasteiger charge is -2.26. The van der Waals surface area contributed by atoms with Gasteiger partial charge in [-0.1, -0.05) is 26.0 Å². The molecule has 2 amide bonds. The van der Waals surface area contributed by atoms with Crippen molar-refractivity contribution in [2.45, 2.75) is 52.2 Å². The third-order valence-corrected chi connectivity index (χ3v) is 4.44. The lowest BCUT2D eigenvalue weighted by atomic mass is 10.1. The summed E-state index contributed by atoms with van der Waals surface area (Å²) in [7, 11) is 1.75. The fraction of sp³-hybridized carbons (Fsp3) is 0.526. The number of carboxylic acids is 1. The van der Waals surface area contributed by atoms with Gasteiger partial charge in [0.2, 0.25) is 5.91 Å². The van der Waals surface area contributed by atoms with Crippen LogP contribution in [-0.2, 0) is 16.1 Å². The van der Waals surface area contributed by atoms with E-state index in [0.29, 0.717) is 12.1 Å². The minimum absolute atomic E-state index is 0.0214. The number of carbonyl (C=O) groups is 3. The van der Waals surface area contributed by atoms with Gasteiger partial charge in [-0.15, -0.1) is 0 Å². The average Bonchev–Trinajstić information content (AvgIpc) is 3.39. The van der Waals surface area contributed by atoms with Crippen molar-refractivity contribution in [2.24, 2.45) is 5.92 Å². The van der Waals surface area contributed by atoms with E-state index in [-0.39, 0.29) is 23.8 Å². The summed E-state index contributed by atoms with van der Waals surface area (Å²) in [6.45, 7) is 5.73. The predicted molar refractivity (Wildman–Crippen MR) is 94.0 cm³/mol. The monoisotopic (exact) mass is 346 g/mol. The molecule has 0 radical (unpaired) electrons. The molecule has 1 N–H and O–H groups in total. The summed E-state index contributed by atoms with van der Waals surface area (Å²) >= 11 is 0. The minimum Gasteiger partial charge on any atom is -0.480 e. The van der Waals surface area contributed by atoms with Gasteiger partial charge in [-0.25, -0.2) is 4.79 Å². The highest BCUT2D eigenvalue weighted by Gasteiger charge is 2.38. The van der Waals surface area contributed by atoms with Crippen molar-refractivity contribution in [1.82, 2.24) is 9.80 Å². The Hall–Kier alpha value is -2.37. The summed E-state index contributed by atoms with van der Waals surface area (Å²) in [5.74, 6) is -1.24. The average molecular weight is 346 g/mol. The third-order valence-electron chi connectivity index (χ3n) is 4.44. The molecule has 6 nitrogen and oxygen atoms in total. The van der Waals surface area contributed by atoms with Gasteiger partial charge in [0.1, 0.15) is 6.04 Å². The van der Waals surface area contributed by atoms with Gasteiger partial charge in [0.15, 0.2) is 0 Å². The van der Waals surface area contributed by atoms with Crippen LogP contribution in [0.25, 0.3) is 0 Å². The molecule has 1 atom stereocenters. The van der Waals surface area contributed by atoms with Crippen LogP contribution in [-0.4, -0.2) is 51.8 Å². The molecule has 1 aliphatic carbocycles. The number of carboxylic acid groups (broad SMARTS) is 1. The largest absolute Gasteiger partial charge is 0.480 e. The van der Waals surface area contributed by atoms with E-state index in [1.165, 1.54) is 4.90 Å². The topological polar surface area (TPSA) is 77.9 Å². The Balaban J connectivity index is 2.09. The van der Waals surface area contributed by atoms with Crippen molar-refractivity contribution in [3.63, 3.8) is 0 Å². The molecular formula is C19H26N2O4. The van der Waals surface area contributed by atoms with Crippen molar-refractivity contribution < 1.29 is 19.5 Å². The Kier molecular flexibility index (Phi) is 5.82. The molecule has 0 aromatic heterocycles. The highest BCUT2D eigenvalue weighted by Crippen LogP contribution is 2.30. The van der Waals surface area contributed by atoms with Crippen LogP contribution in [0.1, 0.15) is 49.5 Å². The van der Waals surface area contributed by atoms with Gasteiger partial charge in [0.25, 0.3) is 5.91 Å². The standard InChI is InChI=1S/C19H26N2O4/c1-12(2)17(22)20(4)11-14-5-7-15(8-6-14)18(23)21(16-9-10-16)13(3)19(24)25/h5-8,12-13,16H,9-11H2,1-4H3,(H,24,25). The van der Waals surface area contributed by atoms with E-state index in [4.69, 9.17) is 0 Å². The van der Waals surface area contributed by atoms with Crippen LogP contribution in [0.15, 0.2) is 24.3 Å². The first kappa shape index (κ1) is 19.0. The summed E-state index contributed by atoms with van der Waals surface area (Å²) in [5.41, 5.74) is 1.40. The van der Waals surface area contributed by atoms with Gasteiger partial charge in [-0.05, 0) is 37.5 Å². The Morgan fingerprint density at radius 1 is 1.12 bits per heavy atom. The van der Waals surface area contributed by atoms with Crippen molar-refractivity contribution >= 4 is 17.8 Å². The van der Waals surface area contributed by atoms with E-state index in [0.717, 1.165) is 18.4 Å². The van der Waals surface area contributed by atoms with Gasteiger partial charge in [0.05, 0.1) is 0 Å². The SMILES string of the molecule is CC(C)C(=O)N(C)Cc1ccc(C(=O)N(C2CC2)C(C)C(=O)O)cc1. The smallest absolute Gasteiger partial charge is 0.326 e. The second-order valence-electron chi connectivity index (χ2n) is 7.00. The first-order valence-electron chi connectivity index (χ1n) is 8.61. The first-order valence-corrected chi connectivity index (χ1v) is 8.61. The molecule has 2 rings (SSSR count). The van der Waals surface area contributed by atoms with E-state index < -0.39 is 12.0 Å². The molecule has 0 aliphatic heterocycles. The van der Waals surface area contributed by atoms with E-state index >= 15 is 0 Å². The summed E-state index contributed by atoms with van der Waals surface area (Å²) in [4.78, 5) is 39.0. The minimum atomic E-state index is -0.995. The highest BCUT2D eigenvalue weighted by atomic mass is 16.4. The zero-order chi connectivity index (χ0) is 18.7. The molecule has 1 aromatic carbocycles. The van der Waals surface area contributed by atoms with E-state index in [1.54, 1.807) is 31.0 Å². The number of hydrogen-bond acceptors (Lipinski definition) is 3. The molecule has 0 spiro atoms. The molecule has 0 bridgehead atoms. The van der Waals surface area contributed by atoms with Crippen LogP contribution < -0.4 is 0 Å². The summed E-state index contributed by atoms with van der Waals surface area (Å²) < 4.78 is 0. The highest BCUT2D eigenvalue weighted by molar-refractivity contribution is 5.97. The van der Waals surface area contributed by atoms with Gasteiger partial charge in [0, 0.05) is 31.1 Å². The lowest BCUT2D eigenvalue weighted by molar-refractivity contribution is -0.142. The number of hydrogen-bond donors (Lipinski definition) is 1. The van der Waals surface area contributed by atoms with Crippen LogP contribution >= 0.6 is 0 Å². The number of nitrogens with zero attached hydrogens (tertiary/aromatic N) is 2. The van der Waals surface area contributed by atoms with Gasteiger partial charge < -0.3 is 14.9 Å². The van der Waals surface area contributed by atoms with Gasteiger partial charge in [-0.3, -0.25) is 9.59 Å². The fourth-order valence-corrected chi connectivity index (χ4v) is 2.82. The van der Waals surface area contributed by atoms with Crippen LogP contribution in [0.3, 0.4) is 0 Å². The normalized spacial score (nSPS) is 14.9. The molecule has 1 aromatic rings. The Morgan fingerprint density at radius 2 is 1.68 bits per heavy atom. The van der Waals surface area contributed by atoms with Crippen molar-refractivity contribution in [2.75, 3.05) is 7.05 Å². The number of amides is 2. The Bertz CT molecular complexity index is 650. The predicted octanol–water partition coefficient (Wildman–Crippen LogP) is 2.38. The van der Waals surface area contributed by atoms with Crippen LogP contribution in [0, 0.1) is 5.92 Å². The molecule has 1 saturated carbocycles. The zero-order valence-corrected chi connectivity index (χ0v) is 15.2. The van der Waals surface area contributed by atoms with Crippen molar-refractivity contribution in [3.8, 4) is 0 Å². The molecule has 1 unspecified atom stereocenters. The van der Waals surface area contributed by atoms with Crippen LogP contribution in [0.2, 0.25) is 0 Å². The molecular weight excluding hydrogens is 320 g/mol. The molecule has 6 heteroatoms. The van der Waals surface area contributed by atoms with E-state index in [1.807, 2.05) is 26.0 Å². The van der Waals surface area contributed by atoms with Crippen LogP contribution in [0.4, 0.5) is 0 Å². The van der Waals surface area contributed by atoms with Crippen LogP contribution in [0.5, 0.6) is 0 Å². The zero-order valence-electron chi connectivity index (χ0n) is 15.2. The van der Waals surface area contributed by atoms with Crippen molar-refractivity contribution in [1.29, 1.82) is 0 Å². The molecule has 25 heavy (non-hydrogen) atoms. The molecule has 0 saturated heterocycles.